The zero-order valence-electron chi connectivity index (χ0n) is 12.9. The van der Waals surface area contributed by atoms with Gasteiger partial charge in [0.15, 0.2) is 0 Å². The number of piperidine rings is 1. The molecule has 4 nitrogen and oxygen atoms in total. The van der Waals surface area contributed by atoms with E-state index >= 15 is 0 Å². The lowest BCUT2D eigenvalue weighted by molar-refractivity contribution is 0.208. The van der Waals surface area contributed by atoms with Crippen LogP contribution < -0.4 is 5.56 Å². The van der Waals surface area contributed by atoms with E-state index in [4.69, 9.17) is 5.10 Å². The Bertz CT molecular complexity index is 684. The first-order valence-corrected chi connectivity index (χ1v) is 7.89. The molecule has 1 fully saturated rings. The second-order valence-electron chi connectivity index (χ2n) is 6.03. The van der Waals surface area contributed by atoms with Crippen LogP contribution in [-0.2, 0) is 6.42 Å². The van der Waals surface area contributed by atoms with Crippen molar-refractivity contribution in [2.24, 2.45) is 0 Å². The number of benzene rings is 1. The first-order chi connectivity index (χ1) is 10.2. The Morgan fingerprint density at radius 1 is 1.19 bits per heavy atom. The smallest absolute Gasteiger partial charge is 0.274 e. The fourth-order valence-corrected chi connectivity index (χ4v) is 3.18. The summed E-state index contributed by atoms with van der Waals surface area (Å²) >= 11 is 0. The fourth-order valence-electron chi connectivity index (χ4n) is 3.18. The molecule has 0 amide bonds. The molecule has 4 heteroatoms. The average molecular weight is 285 g/mol. The lowest BCUT2D eigenvalue weighted by Gasteiger charge is -2.29. The van der Waals surface area contributed by atoms with Gasteiger partial charge in [-0.2, -0.15) is 5.10 Å². The molecule has 112 valence electrons. The summed E-state index contributed by atoms with van der Waals surface area (Å²) in [6.07, 6.45) is 3.98. The van der Waals surface area contributed by atoms with E-state index in [0.29, 0.717) is 0 Å². The van der Waals surface area contributed by atoms with Gasteiger partial charge in [-0.3, -0.25) is 4.79 Å². The highest BCUT2D eigenvalue weighted by molar-refractivity contribution is 5.83. The minimum Gasteiger partial charge on any atom is -0.306 e. The number of aromatic nitrogens is 2. The molecule has 0 aliphatic carbocycles. The SMILES string of the molecule is CCCc1nn(C2CCN(C)CC2)c(=O)c2ccccc12. The van der Waals surface area contributed by atoms with Crippen molar-refractivity contribution in [3.8, 4) is 0 Å². The number of hydrogen-bond donors (Lipinski definition) is 0. The third-order valence-electron chi connectivity index (χ3n) is 4.43. The van der Waals surface area contributed by atoms with E-state index in [1.165, 1.54) is 0 Å². The number of aryl methyl sites for hydroxylation is 1. The van der Waals surface area contributed by atoms with Gasteiger partial charge < -0.3 is 4.90 Å². The van der Waals surface area contributed by atoms with Crippen LogP contribution in [0.3, 0.4) is 0 Å². The zero-order valence-corrected chi connectivity index (χ0v) is 12.9. The molecule has 0 radical (unpaired) electrons. The van der Waals surface area contributed by atoms with E-state index in [1.54, 1.807) is 4.68 Å². The predicted octanol–water partition coefficient (Wildman–Crippen LogP) is 2.62. The lowest BCUT2D eigenvalue weighted by Crippen LogP contribution is -2.37. The van der Waals surface area contributed by atoms with Crippen molar-refractivity contribution in [2.45, 2.75) is 38.6 Å². The Morgan fingerprint density at radius 3 is 2.52 bits per heavy atom. The molecule has 0 bridgehead atoms. The molecule has 0 N–H and O–H groups in total. The van der Waals surface area contributed by atoms with Crippen LogP contribution >= 0.6 is 0 Å². The summed E-state index contributed by atoms with van der Waals surface area (Å²) in [5, 5.41) is 6.56. The Morgan fingerprint density at radius 2 is 1.86 bits per heavy atom. The van der Waals surface area contributed by atoms with Crippen molar-refractivity contribution in [1.82, 2.24) is 14.7 Å². The highest BCUT2D eigenvalue weighted by atomic mass is 16.1. The second kappa shape index (κ2) is 5.98. The number of rotatable bonds is 3. The molecule has 0 atom stereocenters. The topological polar surface area (TPSA) is 38.1 Å². The van der Waals surface area contributed by atoms with Crippen molar-refractivity contribution < 1.29 is 0 Å². The number of nitrogens with zero attached hydrogens (tertiary/aromatic N) is 3. The molecule has 3 rings (SSSR count). The molecule has 0 spiro atoms. The lowest BCUT2D eigenvalue weighted by atomic mass is 10.0. The van der Waals surface area contributed by atoms with Gasteiger partial charge in [0, 0.05) is 5.39 Å². The minimum atomic E-state index is 0.0695. The van der Waals surface area contributed by atoms with Gasteiger partial charge in [0.2, 0.25) is 0 Å². The van der Waals surface area contributed by atoms with Gasteiger partial charge in [-0.25, -0.2) is 4.68 Å². The Hall–Kier alpha value is -1.68. The maximum absolute atomic E-state index is 12.8. The number of fused-ring (bicyclic) bond motifs is 1. The largest absolute Gasteiger partial charge is 0.306 e. The molecule has 21 heavy (non-hydrogen) atoms. The van der Waals surface area contributed by atoms with E-state index in [-0.39, 0.29) is 11.6 Å². The quantitative estimate of drug-likeness (QED) is 0.870. The van der Waals surface area contributed by atoms with Gasteiger partial charge >= 0.3 is 0 Å². The maximum atomic E-state index is 12.8. The van der Waals surface area contributed by atoms with Crippen LogP contribution in [0.1, 0.15) is 37.9 Å². The predicted molar refractivity (Wildman–Crippen MR) is 85.8 cm³/mol. The highest BCUT2D eigenvalue weighted by Gasteiger charge is 2.21. The van der Waals surface area contributed by atoms with Gasteiger partial charge in [0.05, 0.1) is 17.1 Å². The van der Waals surface area contributed by atoms with Gasteiger partial charge in [0.1, 0.15) is 0 Å². The molecule has 0 unspecified atom stereocenters. The van der Waals surface area contributed by atoms with Crippen LogP contribution in [0.2, 0.25) is 0 Å². The zero-order chi connectivity index (χ0) is 14.8. The van der Waals surface area contributed by atoms with Crippen molar-refractivity contribution in [3.63, 3.8) is 0 Å². The second-order valence-corrected chi connectivity index (χ2v) is 6.03. The van der Waals surface area contributed by atoms with E-state index in [0.717, 1.165) is 55.2 Å². The molecular weight excluding hydrogens is 262 g/mol. The first kappa shape index (κ1) is 14.3. The highest BCUT2D eigenvalue weighted by Crippen LogP contribution is 2.22. The molecule has 1 aromatic carbocycles. The van der Waals surface area contributed by atoms with Crippen LogP contribution in [0, 0.1) is 0 Å². The van der Waals surface area contributed by atoms with E-state index < -0.39 is 0 Å². The summed E-state index contributed by atoms with van der Waals surface area (Å²) < 4.78 is 1.76. The van der Waals surface area contributed by atoms with Gasteiger partial charge in [-0.15, -0.1) is 0 Å². The van der Waals surface area contributed by atoms with Crippen molar-refractivity contribution in [3.05, 3.63) is 40.3 Å². The molecular formula is C17H23N3O. The molecule has 0 saturated carbocycles. The Kier molecular flexibility index (Phi) is 4.06. The van der Waals surface area contributed by atoms with Gasteiger partial charge in [0.25, 0.3) is 5.56 Å². The van der Waals surface area contributed by atoms with E-state index in [9.17, 15) is 4.79 Å². The third kappa shape index (κ3) is 2.72. The normalized spacial score (nSPS) is 17.4. The summed E-state index contributed by atoms with van der Waals surface area (Å²) in [4.78, 5) is 15.1. The van der Waals surface area contributed by atoms with Crippen LogP contribution in [0.4, 0.5) is 0 Å². The summed E-state index contributed by atoms with van der Waals surface area (Å²) in [7, 11) is 2.13. The maximum Gasteiger partial charge on any atom is 0.274 e. The van der Waals surface area contributed by atoms with Crippen LogP contribution in [-0.4, -0.2) is 34.8 Å². The fraction of sp³-hybridized carbons (Fsp3) is 0.529. The van der Waals surface area contributed by atoms with Gasteiger partial charge in [-0.1, -0.05) is 31.5 Å². The van der Waals surface area contributed by atoms with Crippen molar-refractivity contribution >= 4 is 10.8 Å². The molecule has 1 aliphatic rings. The van der Waals surface area contributed by atoms with E-state index in [1.807, 2.05) is 24.3 Å². The number of likely N-dealkylation sites (tertiary alicyclic amines) is 1. The summed E-state index contributed by atoms with van der Waals surface area (Å²) in [6, 6.07) is 8.13. The third-order valence-corrected chi connectivity index (χ3v) is 4.43. The van der Waals surface area contributed by atoms with E-state index in [2.05, 4.69) is 18.9 Å². The monoisotopic (exact) mass is 285 g/mol. The van der Waals surface area contributed by atoms with Gasteiger partial charge in [-0.05, 0) is 45.5 Å². The standard InChI is InChI=1S/C17H23N3O/c1-3-6-16-14-7-4-5-8-15(14)17(21)20(18-16)13-9-11-19(2)12-10-13/h4-5,7-8,13H,3,6,9-12H2,1-2H3. The first-order valence-electron chi connectivity index (χ1n) is 7.89. The van der Waals surface area contributed by atoms with Crippen molar-refractivity contribution in [2.75, 3.05) is 20.1 Å². The molecule has 1 aromatic heterocycles. The summed E-state index contributed by atoms with van der Waals surface area (Å²) in [6.45, 7) is 4.23. The van der Waals surface area contributed by atoms with Crippen LogP contribution in [0.25, 0.3) is 10.8 Å². The Balaban J connectivity index is 2.10. The van der Waals surface area contributed by atoms with Crippen LogP contribution in [0.5, 0.6) is 0 Å². The number of hydrogen-bond acceptors (Lipinski definition) is 3. The molecule has 1 aliphatic heterocycles. The molecule has 1 saturated heterocycles. The van der Waals surface area contributed by atoms with Crippen molar-refractivity contribution in [1.29, 1.82) is 0 Å². The molecule has 2 aromatic rings. The summed E-state index contributed by atoms with van der Waals surface area (Å²) in [5.41, 5.74) is 1.13. The minimum absolute atomic E-state index is 0.0695. The molecule has 2 heterocycles. The summed E-state index contributed by atoms with van der Waals surface area (Å²) in [5.74, 6) is 0. The Labute approximate surface area is 125 Å². The average Bonchev–Trinajstić information content (AvgIpc) is 2.51. The van der Waals surface area contributed by atoms with Crippen LogP contribution in [0.15, 0.2) is 29.1 Å².